The van der Waals surface area contributed by atoms with Gasteiger partial charge in [0.05, 0.1) is 26.3 Å². The van der Waals surface area contributed by atoms with Crippen molar-refractivity contribution in [3.05, 3.63) is 30.5 Å². The zero-order chi connectivity index (χ0) is 21.2. The molecule has 1 aromatic heterocycles. The molecule has 0 bridgehead atoms. The van der Waals surface area contributed by atoms with E-state index in [0.29, 0.717) is 17.9 Å². The fourth-order valence-electron chi connectivity index (χ4n) is 3.28. The molecule has 0 aliphatic carbocycles. The summed E-state index contributed by atoms with van der Waals surface area (Å²) >= 11 is 0. The van der Waals surface area contributed by atoms with Crippen molar-refractivity contribution in [3.63, 3.8) is 0 Å². The van der Waals surface area contributed by atoms with E-state index in [4.69, 9.17) is 18.9 Å². The van der Waals surface area contributed by atoms with Crippen LogP contribution >= 0.6 is 0 Å². The van der Waals surface area contributed by atoms with Crippen LogP contribution < -0.4 is 9.47 Å². The van der Waals surface area contributed by atoms with Crippen molar-refractivity contribution in [2.75, 3.05) is 20.8 Å². The van der Waals surface area contributed by atoms with Gasteiger partial charge in [-0.25, -0.2) is 9.59 Å². The number of benzene rings is 1. The zero-order valence-corrected chi connectivity index (χ0v) is 17.3. The maximum atomic E-state index is 12.6. The molecule has 3 rings (SSSR count). The highest BCUT2D eigenvalue weighted by Gasteiger charge is 2.43. The number of rotatable bonds is 4. The molecular formula is C21H26N2O6. The van der Waals surface area contributed by atoms with Gasteiger partial charge in [0.15, 0.2) is 0 Å². The SMILES string of the molecule is COC(=O)C1CC(Oc2ccnc3cc(OC)ccc23)CN1C(=O)OC(C)(C)C. The summed E-state index contributed by atoms with van der Waals surface area (Å²) in [5.74, 6) is 0.827. The van der Waals surface area contributed by atoms with Crippen molar-refractivity contribution in [3.8, 4) is 11.5 Å². The number of nitrogens with zero attached hydrogens (tertiary/aromatic N) is 2. The molecule has 1 amide bonds. The molecule has 2 aromatic rings. The van der Waals surface area contributed by atoms with Gasteiger partial charge in [-0.1, -0.05) is 0 Å². The van der Waals surface area contributed by atoms with Gasteiger partial charge < -0.3 is 18.9 Å². The molecule has 0 spiro atoms. The van der Waals surface area contributed by atoms with Gasteiger partial charge in [-0.05, 0) is 39.0 Å². The van der Waals surface area contributed by atoms with Gasteiger partial charge in [-0.15, -0.1) is 0 Å². The number of carbonyl (C=O) groups is 2. The Hall–Kier alpha value is -3.03. The minimum absolute atomic E-state index is 0.217. The van der Waals surface area contributed by atoms with E-state index < -0.39 is 23.7 Å². The normalized spacial score (nSPS) is 19.1. The molecular weight excluding hydrogens is 376 g/mol. The van der Waals surface area contributed by atoms with Crippen molar-refractivity contribution in [1.82, 2.24) is 9.88 Å². The summed E-state index contributed by atoms with van der Waals surface area (Å²) in [6, 6.07) is 6.53. The first-order chi connectivity index (χ1) is 13.7. The molecule has 156 valence electrons. The van der Waals surface area contributed by atoms with Crippen LogP contribution in [0.1, 0.15) is 27.2 Å². The van der Waals surface area contributed by atoms with E-state index in [9.17, 15) is 9.59 Å². The predicted molar refractivity (Wildman–Crippen MR) is 106 cm³/mol. The van der Waals surface area contributed by atoms with Gasteiger partial charge >= 0.3 is 12.1 Å². The molecule has 0 saturated carbocycles. The van der Waals surface area contributed by atoms with E-state index in [0.717, 1.165) is 10.9 Å². The average Bonchev–Trinajstić information content (AvgIpc) is 3.10. The van der Waals surface area contributed by atoms with Gasteiger partial charge in [0, 0.05) is 24.1 Å². The van der Waals surface area contributed by atoms with Crippen LogP contribution in [-0.4, -0.2) is 60.5 Å². The Kier molecular flexibility index (Phi) is 5.81. The minimum Gasteiger partial charge on any atom is -0.497 e. The molecule has 2 atom stereocenters. The number of hydrogen-bond donors (Lipinski definition) is 0. The van der Waals surface area contributed by atoms with Crippen molar-refractivity contribution in [2.24, 2.45) is 0 Å². The number of likely N-dealkylation sites (tertiary alicyclic amines) is 1. The molecule has 1 fully saturated rings. The first-order valence-corrected chi connectivity index (χ1v) is 9.38. The first-order valence-electron chi connectivity index (χ1n) is 9.38. The monoisotopic (exact) mass is 402 g/mol. The van der Waals surface area contributed by atoms with Crippen LogP contribution in [0.3, 0.4) is 0 Å². The number of pyridine rings is 1. The van der Waals surface area contributed by atoms with E-state index in [2.05, 4.69) is 4.98 Å². The van der Waals surface area contributed by atoms with Gasteiger partial charge in [-0.3, -0.25) is 9.88 Å². The number of fused-ring (bicyclic) bond motifs is 1. The fourth-order valence-corrected chi connectivity index (χ4v) is 3.28. The molecule has 2 heterocycles. The number of hydrogen-bond acceptors (Lipinski definition) is 7. The maximum Gasteiger partial charge on any atom is 0.411 e. The maximum absolute atomic E-state index is 12.6. The summed E-state index contributed by atoms with van der Waals surface area (Å²) < 4.78 is 21.7. The summed E-state index contributed by atoms with van der Waals surface area (Å²) in [7, 11) is 2.89. The van der Waals surface area contributed by atoms with Crippen LogP contribution in [0.4, 0.5) is 4.79 Å². The Balaban J connectivity index is 1.82. The summed E-state index contributed by atoms with van der Waals surface area (Å²) in [4.78, 5) is 30.5. The lowest BCUT2D eigenvalue weighted by Gasteiger charge is -2.27. The number of ether oxygens (including phenoxy) is 4. The van der Waals surface area contributed by atoms with E-state index >= 15 is 0 Å². The topological polar surface area (TPSA) is 87.2 Å². The van der Waals surface area contributed by atoms with Crippen molar-refractivity contribution >= 4 is 23.0 Å². The van der Waals surface area contributed by atoms with Crippen LogP contribution in [0.2, 0.25) is 0 Å². The molecule has 1 aliphatic rings. The number of esters is 1. The van der Waals surface area contributed by atoms with Gasteiger partial charge in [0.1, 0.15) is 29.2 Å². The fraction of sp³-hybridized carbons (Fsp3) is 0.476. The van der Waals surface area contributed by atoms with Gasteiger partial charge in [0.2, 0.25) is 0 Å². The number of carbonyl (C=O) groups excluding carboxylic acids is 2. The third-order valence-electron chi connectivity index (χ3n) is 4.57. The summed E-state index contributed by atoms with van der Waals surface area (Å²) in [5.41, 5.74) is 0.0604. The Morgan fingerprint density at radius 2 is 1.93 bits per heavy atom. The quantitative estimate of drug-likeness (QED) is 0.726. The summed E-state index contributed by atoms with van der Waals surface area (Å²) in [6.45, 7) is 5.55. The molecule has 8 nitrogen and oxygen atoms in total. The largest absolute Gasteiger partial charge is 0.497 e. The summed E-state index contributed by atoms with van der Waals surface area (Å²) in [5, 5.41) is 0.818. The van der Waals surface area contributed by atoms with Gasteiger partial charge in [0.25, 0.3) is 0 Å². The molecule has 29 heavy (non-hydrogen) atoms. The van der Waals surface area contributed by atoms with Crippen molar-refractivity contribution < 1.29 is 28.5 Å². The van der Waals surface area contributed by atoms with Crippen molar-refractivity contribution in [2.45, 2.75) is 44.9 Å². The Morgan fingerprint density at radius 3 is 2.59 bits per heavy atom. The molecule has 1 aliphatic heterocycles. The highest BCUT2D eigenvalue weighted by Crippen LogP contribution is 2.31. The lowest BCUT2D eigenvalue weighted by Crippen LogP contribution is -2.44. The van der Waals surface area contributed by atoms with Crippen LogP contribution in [0.5, 0.6) is 11.5 Å². The molecule has 0 N–H and O–H groups in total. The lowest BCUT2D eigenvalue weighted by atomic mass is 10.1. The standard InChI is InChI=1S/C21H26N2O6/c1-21(2,3)29-20(25)23-12-14(11-17(23)19(24)27-5)28-18-8-9-22-16-10-13(26-4)6-7-15(16)18/h6-10,14,17H,11-12H2,1-5H3. The van der Waals surface area contributed by atoms with Crippen LogP contribution in [0, 0.1) is 0 Å². The average molecular weight is 402 g/mol. The predicted octanol–water partition coefficient (Wildman–Crippen LogP) is 3.17. The Bertz CT molecular complexity index is 908. The smallest absolute Gasteiger partial charge is 0.411 e. The zero-order valence-electron chi connectivity index (χ0n) is 17.3. The highest BCUT2D eigenvalue weighted by atomic mass is 16.6. The number of methoxy groups -OCH3 is 2. The van der Waals surface area contributed by atoms with Crippen LogP contribution in [0.15, 0.2) is 30.5 Å². The van der Waals surface area contributed by atoms with Crippen LogP contribution in [0.25, 0.3) is 10.9 Å². The molecule has 8 heteroatoms. The van der Waals surface area contributed by atoms with E-state index in [1.807, 2.05) is 18.2 Å². The number of aromatic nitrogens is 1. The molecule has 0 radical (unpaired) electrons. The molecule has 2 unspecified atom stereocenters. The van der Waals surface area contributed by atoms with E-state index in [1.165, 1.54) is 12.0 Å². The van der Waals surface area contributed by atoms with E-state index in [-0.39, 0.29) is 12.6 Å². The van der Waals surface area contributed by atoms with Crippen LogP contribution in [-0.2, 0) is 14.3 Å². The number of amides is 1. The molecule has 1 saturated heterocycles. The van der Waals surface area contributed by atoms with Gasteiger partial charge in [-0.2, -0.15) is 0 Å². The second-order valence-electron chi connectivity index (χ2n) is 7.84. The first kappa shape index (κ1) is 20.7. The molecule has 1 aromatic carbocycles. The Morgan fingerprint density at radius 1 is 1.17 bits per heavy atom. The second kappa shape index (κ2) is 8.14. The van der Waals surface area contributed by atoms with Crippen molar-refractivity contribution in [1.29, 1.82) is 0 Å². The highest BCUT2D eigenvalue weighted by molar-refractivity contribution is 5.86. The lowest BCUT2D eigenvalue weighted by molar-refractivity contribution is -0.145. The minimum atomic E-state index is -0.756. The Labute approximate surface area is 169 Å². The third-order valence-corrected chi connectivity index (χ3v) is 4.57. The third kappa shape index (κ3) is 4.70. The second-order valence-corrected chi connectivity index (χ2v) is 7.84. The van der Waals surface area contributed by atoms with E-state index in [1.54, 1.807) is 40.1 Å². The summed E-state index contributed by atoms with van der Waals surface area (Å²) in [6.07, 6.45) is 1.00.